The molecule has 3 aromatic carbocycles. The zero-order chi connectivity index (χ0) is 26.6. The van der Waals surface area contributed by atoms with Crippen LogP contribution in [0.3, 0.4) is 0 Å². The topological polar surface area (TPSA) is 70.1 Å². The molecule has 0 saturated carbocycles. The number of hydrogen-bond donors (Lipinski definition) is 1. The standard InChI is InChI=1S/C31H36N2O4/c1-30(2,3)26-16-15-25(19-27(26)37-4)28(34)33-18-17-32(21-24-13-9-6-10-14-24)22-31(33,29(35)36)20-23-11-7-5-8-12-23/h5-16,19H,17-18,20-22H2,1-4H3,(H,35,36). The SMILES string of the molecule is COc1cc(C(=O)N2CCN(Cc3ccccc3)CC2(Cc2ccccc2)C(=O)O)ccc1C(C)(C)C. The van der Waals surface area contributed by atoms with Crippen LogP contribution in [0.2, 0.25) is 0 Å². The van der Waals surface area contributed by atoms with Gasteiger partial charge in [-0.05, 0) is 34.2 Å². The van der Waals surface area contributed by atoms with Crippen molar-refractivity contribution in [3.63, 3.8) is 0 Å². The van der Waals surface area contributed by atoms with Crippen LogP contribution >= 0.6 is 0 Å². The number of piperazine rings is 1. The minimum absolute atomic E-state index is 0.159. The third kappa shape index (κ3) is 5.70. The number of amides is 1. The number of methoxy groups -OCH3 is 1. The zero-order valence-electron chi connectivity index (χ0n) is 22.1. The van der Waals surface area contributed by atoms with Crippen molar-refractivity contribution >= 4 is 11.9 Å². The van der Waals surface area contributed by atoms with Crippen molar-refractivity contribution in [3.05, 3.63) is 101 Å². The number of aliphatic carboxylic acids is 1. The average molecular weight is 501 g/mol. The molecule has 0 aliphatic carbocycles. The van der Waals surface area contributed by atoms with E-state index in [1.165, 1.54) is 0 Å². The highest BCUT2D eigenvalue weighted by atomic mass is 16.5. The Bertz CT molecular complexity index is 1240. The molecule has 1 N–H and O–H groups in total. The lowest BCUT2D eigenvalue weighted by molar-refractivity contribution is -0.154. The molecule has 1 aliphatic rings. The van der Waals surface area contributed by atoms with Crippen LogP contribution in [0.1, 0.15) is 47.8 Å². The molecule has 1 aliphatic heterocycles. The maximum Gasteiger partial charge on any atom is 0.331 e. The van der Waals surface area contributed by atoms with Gasteiger partial charge in [0, 0.05) is 38.2 Å². The third-order valence-corrected chi connectivity index (χ3v) is 7.13. The first-order chi connectivity index (χ1) is 17.6. The van der Waals surface area contributed by atoms with E-state index in [-0.39, 0.29) is 24.3 Å². The number of ether oxygens (including phenoxy) is 1. The summed E-state index contributed by atoms with van der Waals surface area (Å²) in [5.41, 5.74) is 1.84. The van der Waals surface area contributed by atoms with Crippen molar-refractivity contribution in [2.24, 2.45) is 0 Å². The molecule has 4 rings (SSSR count). The number of carboxylic acids is 1. The van der Waals surface area contributed by atoms with E-state index < -0.39 is 11.5 Å². The van der Waals surface area contributed by atoms with E-state index in [4.69, 9.17) is 4.74 Å². The Balaban J connectivity index is 1.72. The normalized spacial score (nSPS) is 18.4. The van der Waals surface area contributed by atoms with E-state index in [0.29, 0.717) is 30.9 Å². The van der Waals surface area contributed by atoms with Crippen LogP contribution in [-0.2, 0) is 23.2 Å². The van der Waals surface area contributed by atoms with E-state index in [2.05, 4.69) is 25.7 Å². The number of hydrogen-bond acceptors (Lipinski definition) is 4. The summed E-state index contributed by atoms with van der Waals surface area (Å²) in [5, 5.41) is 10.7. The number of carbonyl (C=O) groups excluding carboxylic acids is 1. The summed E-state index contributed by atoms with van der Waals surface area (Å²) in [5.74, 6) is -0.665. The number of benzene rings is 3. The fraction of sp³-hybridized carbons (Fsp3) is 0.355. The summed E-state index contributed by atoms with van der Waals surface area (Å²) in [6, 6.07) is 25.0. The molecule has 3 aromatic rings. The van der Waals surface area contributed by atoms with Crippen LogP contribution < -0.4 is 4.74 Å². The van der Waals surface area contributed by atoms with E-state index in [9.17, 15) is 14.7 Å². The minimum atomic E-state index is -1.42. The van der Waals surface area contributed by atoms with Gasteiger partial charge in [-0.15, -0.1) is 0 Å². The van der Waals surface area contributed by atoms with Gasteiger partial charge in [0.05, 0.1) is 7.11 Å². The second kappa shape index (κ2) is 10.8. The predicted molar refractivity (Wildman–Crippen MR) is 145 cm³/mol. The third-order valence-electron chi connectivity index (χ3n) is 7.13. The molecule has 1 unspecified atom stereocenters. The molecule has 6 heteroatoms. The lowest BCUT2D eigenvalue weighted by atomic mass is 9.84. The van der Waals surface area contributed by atoms with Crippen molar-refractivity contribution in [1.29, 1.82) is 0 Å². The zero-order valence-corrected chi connectivity index (χ0v) is 22.1. The molecular weight excluding hydrogens is 464 g/mol. The van der Waals surface area contributed by atoms with Gasteiger partial charge in [0.25, 0.3) is 5.91 Å². The quantitative estimate of drug-likeness (QED) is 0.494. The molecule has 194 valence electrons. The van der Waals surface area contributed by atoms with Crippen LogP contribution in [-0.4, -0.2) is 59.1 Å². The summed E-state index contributed by atoms with van der Waals surface area (Å²) >= 11 is 0. The van der Waals surface area contributed by atoms with Gasteiger partial charge in [0.2, 0.25) is 0 Å². The monoisotopic (exact) mass is 500 g/mol. The first kappa shape index (κ1) is 26.4. The molecule has 0 bridgehead atoms. The van der Waals surface area contributed by atoms with Crippen molar-refractivity contribution in [1.82, 2.24) is 9.80 Å². The molecule has 0 aromatic heterocycles. The highest BCUT2D eigenvalue weighted by molar-refractivity contribution is 5.98. The van der Waals surface area contributed by atoms with E-state index >= 15 is 0 Å². The minimum Gasteiger partial charge on any atom is -0.496 e. The summed E-state index contributed by atoms with van der Waals surface area (Å²) in [4.78, 5) is 30.8. The Morgan fingerprint density at radius 1 is 0.919 bits per heavy atom. The number of rotatable bonds is 7. The van der Waals surface area contributed by atoms with Crippen molar-refractivity contribution in [3.8, 4) is 5.75 Å². The van der Waals surface area contributed by atoms with Gasteiger partial charge in [0.15, 0.2) is 5.54 Å². The molecule has 1 saturated heterocycles. The Labute approximate surface area is 219 Å². The number of carboxylic acid groups (broad SMARTS) is 1. The lowest BCUT2D eigenvalue weighted by Crippen LogP contribution is -2.68. The molecule has 1 amide bonds. The molecule has 6 nitrogen and oxygen atoms in total. The van der Waals surface area contributed by atoms with Crippen LogP contribution in [0, 0.1) is 0 Å². The smallest absolute Gasteiger partial charge is 0.331 e. The summed E-state index contributed by atoms with van der Waals surface area (Å²) in [6.07, 6.45) is 0.220. The van der Waals surface area contributed by atoms with Crippen LogP contribution in [0.15, 0.2) is 78.9 Å². The maximum absolute atomic E-state index is 14.0. The molecule has 1 fully saturated rings. The van der Waals surface area contributed by atoms with Gasteiger partial charge in [0.1, 0.15) is 5.75 Å². The lowest BCUT2D eigenvalue weighted by Gasteiger charge is -2.48. The van der Waals surface area contributed by atoms with Gasteiger partial charge < -0.3 is 14.7 Å². The van der Waals surface area contributed by atoms with E-state index in [1.54, 1.807) is 24.1 Å². The molecule has 0 radical (unpaired) electrons. The summed E-state index contributed by atoms with van der Waals surface area (Å²) < 4.78 is 5.63. The molecule has 37 heavy (non-hydrogen) atoms. The number of nitrogens with zero attached hydrogens (tertiary/aromatic N) is 2. The Morgan fingerprint density at radius 2 is 1.54 bits per heavy atom. The Hall–Kier alpha value is -3.64. The first-order valence-electron chi connectivity index (χ1n) is 12.7. The van der Waals surface area contributed by atoms with Gasteiger partial charge >= 0.3 is 5.97 Å². The van der Waals surface area contributed by atoms with E-state index in [0.717, 1.165) is 16.7 Å². The maximum atomic E-state index is 14.0. The summed E-state index contributed by atoms with van der Waals surface area (Å²) in [6.45, 7) is 8.03. The average Bonchev–Trinajstić information content (AvgIpc) is 2.88. The highest BCUT2D eigenvalue weighted by Crippen LogP contribution is 2.34. The van der Waals surface area contributed by atoms with Crippen molar-refractivity contribution in [2.45, 2.75) is 44.7 Å². The molecule has 1 heterocycles. The first-order valence-corrected chi connectivity index (χ1v) is 12.7. The Kier molecular flexibility index (Phi) is 7.69. The highest BCUT2D eigenvalue weighted by Gasteiger charge is 2.50. The fourth-order valence-electron chi connectivity index (χ4n) is 5.21. The van der Waals surface area contributed by atoms with Crippen molar-refractivity contribution < 1.29 is 19.4 Å². The molecule has 0 spiro atoms. The fourth-order valence-corrected chi connectivity index (χ4v) is 5.21. The second-order valence-corrected chi connectivity index (χ2v) is 10.8. The van der Waals surface area contributed by atoms with Crippen LogP contribution in [0.25, 0.3) is 0 Å². The van der Waals surface area contributed by atoms with Crippen LogP contribution in [0.5, 0.6) is 5.75 Å². The van der Waals surface area contributed by atoms with Crippen LogP contribution in [0.4, 0.5) is 0 Å². The Morgan fingerprint density at radius 3 is 2.11 bits per heavy atom. The van der Waals surface area contributed by atoms with Gasteiger partial charge in [-0.2, -0.15) is 0 Å². The van der Waals surface area contributed by atoms with Gasteiger partial charge in [-0.25, -0.2) is 4.79 Å². The molecule has 1 atom stereocenters. The predicted octanol–water partition coefficient (Wildman–Crippen LogP) is 5.02. The largest absolute Gasteiger partial charge is 0.496 e. The second-order valence-electron chi connectivity index (χ2n) is 10.8. The van der Waals surface area contributed by atoms with E-state index in [1.807, 2.05) is 66.7 Å². The van der Waals surface area contributed by atoms with Crippen molar-refractivity contribution in [2.75, 3.05) is 26.7 Å². The van der Waals surface area contributed by atoms with Gasteiger partial charge in [-0.1, -0.05) is 87.5 Å². The number of carbonyl (C=O) groups is 2. The molecular formula is C31H36N2O4. The van der Waals surface area contributed by atoms with Gasteiger partial charge in [-0.3, -0.25) is 9.69 Å². The summed E-state index contributed by atoms with van der Waals surface area (Å²) in [7, 11) is 1.60.